The Balaban J connectivity index is 0.000000727. The van der Waals surface area contributed by atoms with Crippen LogP contribution < -0.4 is 22.1 Å². The van der Waals surface area contributed by atoms with Crippen LogP contribution in [0.1, 0.15) is 56.7 Å². The third kappa shape index (κ3) is 7.90. The normalized spacial score (nSPS) is 17.1. The lowest BCUT2D eigenvalue weighted by Crippen LogP contribution is -2.65. The summed E-state index contributed by atoms with van der Waals surface area (Å²) >= 11 is 0. The molecule has 1 aliphatic heterocycles. The van der Waals surface area contributed by atoms with E-state index in [2.05, 4.69) is 10.6 Å². The number of nitrogens with two attached hydrogens (primary N) is 2. The van der Waals surface area contributed by atoms with Crippen molar-refractivity contribution in [1.82, 2.24) is 10.2 Å². The molecule has 5 rings (SSSR count). The number of alkyl halides is 3. The second kappa shape index (κ2) is 15.9. The number of carbonyl (C=O) groups excluding carboxylic acids is 5. The molecule has 264 valence electrons. The standard InChI is InChI=1S/C33H35N5O5.C2HF3O2/c34-20-27(39)33(15-7-18-38(33)31(42)25(35)19-21-9-2-1-3-10-21)32(43)37-17-8-16-36-26-14-6-13-24-28(26)30(41)23-12-5-4-11-22(23)29(24)40;3-2(4,5)1(6)7/h1-6,9-14,25,36H,7-8,15-20,34-35H2,(H,37,43);(H,6,7)/t25-,33-;/m0./s1. The van der Waals surface area contributed by atoms with Gasteiger partial charge in [0, 0.05) is 42.0 Å². The van der Waals surface area contributed by atoms with Gasteiger partial charge in [-0.3, -0.25) is 24.0 Å². The van der Waals surface area contributed by atoms with E-state index in [-0.39, 0.29) is 44.0 Å². The first-order chi connectivity index (χ1) is 23.7. The molecule has 0 radical (unpaired) electrons. The Kier molecular flexibility index (Phi) is 11.9. The summed E-state index contributed by atoms with van der Waals surface area (Å²) in [4.78, 5) is 76.6. The number of hydrogen-bond acceptors (Lipinski definition) is 9. The average Bonchev–Trinajstić information content (AvgIpc) is 3.56. The maximum absolute atomic E-state index is 13.6. The van der Waals surface area contributed by atoms with Gasteiger partial charge in [0.15, 0.2) is 22.9 Å². The molecule has 0 spiro atoms. The van der Waals surface area contributed by atoms with E-state index in [0.29, 0.717) is 47.3 Å². The predicted molar refractivity (Wildman–Crippen MR) is 175 cm³/mol. The number of benzene rings is 3. The van der Waals surface area contributed by atoms with Crippen molar-refractivity contribution >= 4 is 40.8 Å². The molecular formula is C35H36F3N5O7. The zero-order valence-electron chi connectivity index (χ0n) is 26.8. The summed E-state index contributed by atoms with van der Waals surface area (Å²) < 4.78 is 31.7. The molecule has 2 atom stereocenters. The quantitative estimate of drug-likeness (QED) is 0.115. The van der Waals surface area contributed by atoms with E-state index >= 15 is 0 Å². The summed E-state index contributed by atoms with van der Waals surface area (Å²) in [6, 6.07) is 20.3. The number of ketones is 3. The van der Waals surface area contributed by atoms with E-state index in [4.69, 9.17) is 21.4 Å². The molecule has 2 aliphatic rings. The van der Waals surface area contributed by atoms with Crippen LogP contribution in [0.15, 0.2) is 72.8 Å². The number of hydrogen-bond donors (Lipinski definition) is 5. The van der Waals surface area contributed by atoms with E-state index in [1.54, 1.807) is 42.5 Å². The number of fused-ring (bicyclic) bond motifs is 2. The number of rotatable bonds is 11. The Morgan fingerprint density at radius 2 is 1.48 bits per heavy atom. The highest BCUT2D eigenvalue weighted by atomic mass is 19.4. The third-order valence-electron chi connectivity index (χ3n) is 8.43. The Morgan fingerprint density at radius 3 is 2.10 bits per heavy atom. The lowest BCUT2D eigenvalue weighted by atomic mass is 9.83. The first kappa shape index (κ1) is 37.4. The fourth-order valence-corrected chi connectivity index (χ4v) is 6.05. The average molecular weight is 696 g/mol. The van der Waals surface area contributed by atoms with E-state index in [1.165, 1.54) is 4.90 Å². The highest BCUT2D eigenvalue weighted by Crippen LogP contribution is 2.33. The van der Waals surface area contributed by atoms with E-state index in [0.717, 1.165) is 5.56 Å². The van der Waals surface area contributed by atoms with E-state index in [9.17, 15) is 37.1 Å². The van der Waals surface area contributed by atoms with Crippen LogP contribution in [0.5, 0.6) is 0 Å². The van der Waals surface area contributed by atoms with Crippen LogP contribution in [0.25, 0.3) is 0 Å². The van der Waals surface area contributed by atoms with Gasteiger partial charge in [-0.1, -0.05) is 66.7 Å². The minimum atomic E-state index is -5.08. The van der Waals surface area contributed by atoms with Crippen LogP contribution >= 0.6 is 0 Å². The first-order valence-electron chi connectivity index (χ1n) is 15.7. The van der Waals surface area contributed by atoms with E-state index < -0.39 is 41.3 Å². The van der Waals surface area contributed by atoms with Crippen LogP contribution in [0.4, 0.5) is 18.9 Å². The van der Waals surface area contributed by atoms with Gasteiger partial charge in [0.25, 0.3) is 5.91 Å². The molecule has 0 bridgehead atoms. The third-order valence-corrected chi connectivity index (χ3v) is 8.43. The van der Waals surface area contributed by atoms with Crippen molar-refractivity contribution < 1.29 is 47.0 Å². The second-order valence-electron chi connectivity index (χ2n) is 11.6. The minimum absolute atomic E-state index is 0.171. The highest BCUT2D eigenvalue weighted by Gasteiger charge is 2.55. The maximum Gasteiger partial charge on any atom is 0.490 e. The van der Waals surface area contributed by atoms with Gasteiger partial charge < -0.3 is 32.1 Å². The monoisotopic (exact) mass is 695 g/mol. The van der Waals surface area contributed by atoms with Crippen LogP contribution in [-0.2, 0) is 25.6 Å². The first-order valence-corrected chi connectivity index (χ1v) is 15.7. The Morgan fingerprint density at radius 1 is 0.880 bits per heavy atom. The summed E-state index contributed by atoms with van der Waals surface area (Å²) in [5.74, 6) is -4.74. The molecule has 1 fully saturated rings. The number of carboxylic acid groups (broad SMARTS) is 1. The number of aliphatic carboxylic acids is 1. The smallest absolute Gasteiger partial charge is 0.475 e. The molecule has 0 saturated carbocycles. The zero-order valence-corrected chi connectivity index (χ0v) is 26.8. The van der Waals surface area contributed by atoms with Crippen molar-refractivity contribution in [3.63, 3.8) is 0 Å². The SMILES string of the molecule is NCC(=O)[C@]1(C(=O)NCCCNc2cccc3c2C(=O)c2ccccc2C3=O)CCCN1C(=O)[C@@H](N)Cc1ccccc1.O=C(O)C(F)(F)F. The number of Topliss-reactive ketones (excluding diaryl/α,β-unsaturated/α-hetero) is 1. The Hall–Kier alpha value is -5.41. The molecule has 0 unspecified atom stereocenters. The molecule has 1 heterocycles. The molecule has 1 saturated heterocycles. The summed E-state index contributed by atoms with van der Waals surface area (Å²) in [6.07, 6.45) is -3.72. The van der Waals surface area contributed by atoms with Crippen molar-refractivity contribution in [2.75, 3.05) is 31.5 Å². The Bertz CT molecular complexity index is 1780. The molecule has 50 heavy (non-hydrogen) atoms. The topological polar surface area (TPSA) is 202 Å². The minimum Gasteiger partial charge on any atom is -0.475 e. The molecule has 15 heteroatoms. The number of nitrogens with one attached hydrogen (secondary N) is 2. The fourth-order valence-electron chi connectivity index (χ4n) is 6.05. The van der Waals surface area contributed by atoms with Crippen LogP contribution in [0.2, 0.25) is 0 Å². The number of amides is 2. The number of anilines is 1. The number of carbonyl (C=O) groups is 6. The summed E-state index contributed by atoms with van der Waals surface area (Å²) in [7, 11) is 0. The summed E-state index contributed by atoms with van der Waals surface area (Å²) in [5, 5.41) is 13.2. The van der Waals surface area contributed by atoms with Crippen molar-refractivity contribution in [2.24, 2.45) is 11.5 Å². The summed E-state index contributed by atoms with van der Waals surface area (Å²) in [6.45, 7) is 0.426. The number of likely N-dealkylation sites (tertiary alicyclic amines) is 1. The molecule has 7 N–H and O–H groups in total. The van der Waals surface area contributed by atoms with Gasteiger partial charge >= 0.3 is 12.1 Å². The maximum atomic E-state index is 13.6. The lowest BCUT2D eigenvalue weighted by Gasteiger charge is -2.37. The number of carboxylic acids is 1. The van der Waals surface area contributed by atoms with Crippen LogP contribution in [-0.4, -0.2) is 89.1 Å². The molecular weight excluding hydrogens is 659 g/mol. The highest BCUT2D eigenvalue weighted by molar-refractivity contribution is 6.30. The van der Waals surface area contributed by atoms with Gasteiger partial charge in [0.05, 0.1) is 18.2 Å². The summed E-state index contributed by atoms with van der Waals surface area (Å²) in [5.41, 5.74) is 13.1. The molecule has 2 amide bonds. The van der Waals surface area contributed by atoms with Crippen LogP contribution in [0, 0.1) is 0 Å². The van der Waals surface area contributed by atoms with Gasteiger partial charge in [0.1, 0.15) is 0 Å². The van der Waals surface area contributed by atoms with Crippen molar-refractivity contribution in [3.05, 3.63) is 101 Å². The van der Waals surface area contributed by atoms with Crippen molar-refractivity contribution in [1.29, 1.82) is 0 Å². The number of halogens is 3. The molecule has 3 aromatic carbocycles. The van der Waals surface area contributed by atoms with Gasteiger partial charge in [-0.2, -0.15) is 13.2 Å². The molecule has 1 aliphatic carbocycles. The van der Waals surface area contributed by atoms with Gasteiger partial charge in [-0.05, 0) is 37.3 Å². The predicted octanol–water partition coefficient (Wildman–Crippen LogP) is 2.47. The fraction of sp³-hybridized carbons (Fsp3) is 0.314. The zero-order chi connectivity index (χ0) is 36.6. The number of nitrogens with zero attached hydrogens (tertiary/aromatic N) is 1. The molecule has 0 aromatic heterocycles. The Labute approximate surface area is 285 Å². The molecule has 12 nitrogen and oxygen atoms in total. The lowest BCUT2D eigenvalue weighted by molar-refractivity contribution is -0.192. The largest absolute Gasteiger partial charge is 0.490 e. The van der Waals surface area contributed by atoms with Gasteiger partial charge in [-0.25, -0.2) is 4.79 Å². The van der Waals surface area contributed by atoms with Crippen molar-refractivity contribution in [2.45, 2.75) is 43.4 Å². The van der Waals surface area contributed by atoms with Gasteiger partial charge in [-0.15, -0.1) is 0 Å². The van der Waals surface area contributed by atoms with Gasteiger partial charge in [0.2, 0.25) is 5.91 Å². The van der Waals surface area contributed by atoms with Crippen LogP contribution in [0.3, 0.4) is 0 Å². The van der Waals surface area contributed by atoms with E-state index in [1.807, 2.05) is 30.3 Å². The van der Waals surface area contributed by atoms with Crippen molar-refractivity contribution in [3.8, 4) is 0 Å². The molecule has 3 aromatic rings. The second-order valence-corrected chi connectivity index (χ2v) is 11.6.